The average molecular weight is 312 g/mol. The summed E-state index contributed by atoms with van der Waals surface area (Å²) in [5.74, 6) is 6.82. The van der Waals surface area contributed by atoms with Crippen LogP contribution < -0.4 is 15.3 Å². The lowest BCUT2D eigenvalue weighted by molar-refractivity contribution is 0.296. The van der Waals surface area contributed by atoms with E-state index in [1.165, 1.54) is 5.56 Å². The Kier molecular flexibility index (Phi) is 5.27. The van der Waals surface area contributed by atoms with Crippen molar-refractivity contribution in [3.63, 3.8) is 0 Å². The summed E-state index contributed by atoms with van der Waals surface area (Å²) in [5.41, 5.74) is 3.28. The number of rotatable bonds is 5. The van der Waals surface area contributed by atoms with Crippen molar-refractivity contribution >= 4 is 6.21 Å². The number of hydrogen-bond acceptors (Lipinski definition) is 4. The molecule has 23 heavy (non-hydrogen) atoms. The molecule has 0 heterocycles. The summed E-state index contributed by atoms with van der Waals surface area (Å²) in [5, 5.41) is 3.55. The number of benzene rings is 2. The number of hydrazone groups is 1. The van der Waals surface area contributed by atoms with Crippen LogP contribution in [0.5, 0.6) is 11.5 Å². The van der Waals surface area contributed by atoms with Crippen LogP contribution in [0, 0.1) is 0 Å². The van der Waals surface area contributed by atoms with E-state index in [2.05, 4.69) is 38.0 Å². The minimum Gasteiger partial charge on any atom is -0.496 e. The smallest absolute Gasteiger partial charge is 0.125 e. The molecule has 0 saturated carbocycles. The van der Waals surface area contributed by atoms with Crippen molar-refractivity contribution in [2.24, 2.45) is 10.9 Å². The van der Waals surface area contributed by atoms with Gasteiger partial charge in [-0.3, -0.25) is 0 Å². The summed E-state index contributed by atoms with van der Waals surface area (Å²) >= 11 is 0. The number of hydrogen-bond donors (Lipinski definition) is 1. The maximum Gasteiger partial charge on any atom is 0.125 e. The number of methoxy groups -OCH3 is 1. The fourth-order valence-corrected chi connectivity index (χ4v) is 2.29. The molecule has 0 aliphatic heterocycles. The van der Waals surface area contributed by atoms with Crippen molar-refractivity contribution in [2.75, 3.05) is 7.11 Å². The predicted molar refractivity (Wildman–Crippen MR) is 94.2 cm³/mol. The van der Waals surface area contributed by atoms with Gasteiger partial charge in [0.15, 0.2) is 0 Å². The van der Waals surface area contributed by atoms with Gasteiger partial charge in [0.1, 0.15) is 18.1 Å². The normalized spacial score (nSPS) is 11.7. The highest BCUT2D eigenvalue weighted by Gasteiger charge is 2.13. The first kappa shape index (κ1) is 16.9. The lowest BCUT2D eigenvalue weighted by Gasteiger charge is -2.19. The van der Waals surface area contributed by atoms with Crippen LogP contribution in [-0.4, -0.2) is 13.3 Å². The highest BCUT2D eigenvalue weighted by Crippen LogP contribution is 2.26. The molecule has 122 valence electrons. The number of nitrogens with two attached hydrogens (primary N) is 1. The third-order valence-electron chi connectivity index (χ3n) is 3.64. The summed E-state index contributed by atoms with van der Waals surface area (Å²) in [6, 6.07) is 13.9. The van der Waals surface area contributed by atoms with Gasteiger partial charge in [-0.15, -0.1) is 0 Å². The Hall–Kier alpha value is -2.49. The van der Waals surface area contributed by atoms with Crippen LogP contribution in [0.4, 0.5) is 0 Å². The summed E-state index contributed by atoms with van der Waals surface area (Å²) < 4.78 is 11.3. The Morgan fingerprint density at radius 3 is 2.35 bits per heavy atom. The van der Waals surface area contributed by atoms with Crippen LogP contribution in [-0.2, 0) is 12.0 Å². The zero-order valence-electron chi connectivity index (χ0n) is 14.2. The molecule has 0 bridgehead atoms. The molecule has 2 rings (SSSR count). The quantitative estimate of drug-likeness (QED) is 0.518. The van der Waals surface area contributed by atoms with Gasteiger partial charge in [-0.25, -0.2) is 0 Å². The first-order chi connectivity index (χ1) is 10.9. The van der Waals surface area contributed by atoms with Crippen LogP contribution in [0.3, 0.4) is 0 Å². The molecule has 0 aliphatic carbocycles. The topological polar surface area (TPSA) is 56.8 Å². The lowest BCUT2D eigenvalue weighted by Crippen LogP contribution is -2.10. The standard InChI is InChI=1S/C19H24N2O2/c1-19(2,3)16-6-8-17(9-7-16)23-13-15-11-14(12-21-20)5-10-18(15)22-4/h5-12H,13,20H2,1-4H3. The molecule has 0 saturated heterocycles. The Bertz CT molecular complexity index is 671. The maximum absolute atomic E-state index is 5.88. The Labute approximate surface area is 137 Å². The Morgan fingerprint density at radius 1 is 1.09 bits per heavy atom. The van der Waals surface area contributed by atoms with E-state index < -0.39 is 0 Å². The van der Waals surface area contributed by atoms with Crippen molar-refractivity contribution in [1.82, 2.24) is 0 Å². The second kappa shape index (κ2) is 7.18. The average Bonchev–Trinajstić information content (AvgIpc) is 2.53. The third kappa shape index (κ3) is 4.49. The summed E-state index contributed by atoms with van der Waals surface area (Å²) in [6.45, 7) is 7.00. The SMILES string of the molecule is COc1ccc(C=NN)cc1COc1ccc(C(C)(C)C)cc1. The zero-order valence-corrected chi connectivity index (χ0v) is 14.2. The zero-order chi connectivity index (χ0) is 16.9. The molecule has 0 amide bonds. The van der Waals surface area contributed by atoms with Gasteiger partial charge in [0, 0.05) is 5.56 Å². The van der Waals surface area contributed by atoms with Crippen LogP contribution in [0.15, 0.2) is 47.6 Å². The summed E-state index contributed by atoms with van der Waals surface area (Å²) in [6.07, 6.45) is 1.60. The van der Waals surface area contributed by atoms with Gasteiger partial charge < -0.3 is 15.3 Å². The van der Waals surface area contributed by atoms with Gasteiger partial charge >= 0.3 is 0 Å². The third-order valence-corrected chi connectivity index (χ3v) is 3.64. The minimum absolute atomic E-state index is 0.137. The predicted octanol–water partition coefficient (Wildman–Crippen LogP) is 3.86. The van der Waals surface area contributed by atoms with E-state index >= 15 is 0 Å². The first-order valence-corrected chi connectivity index (χ1v) is 7.57. The van der Waals surface area contributed by atoms with Crippen molar-refractivity contribution in [3.05, 3.63) is 59.2 Å². The second-order valence-corrected chi connectivity index (χ2v) is 6.41. The fourth-order valence-electron chi connectivity index (χ4n) is 2.29. The van der Waals surface area contributed by atoms with Crippen molar-refractivity contribution in [3.8, 4) is 11.5 Å². The van der Waals surface area contributed by atoms with E-state index in [-0.39, 0.29) is 5.41 Å². The van der Waals surface area contributed by atoms with Crippen LogP contribution in [0.1, 0.15) is 37.5 Å². The molecule has 0 aliphatic rings. The van der Waals surface area contributed by atoms with E-state index in [9.17, 15) is 0 Å². The largest absolute Gasteiger partial charge is 0.496 e. The molecule has 0 fully saturated rings. The van der Waals surface area contributed by atoms with Crippen LogP contribution >= 0.6 is 0 Å². The van der Waals surface area contributed by atoms with E-state index in [1.807, 2.05) is 30.3 Å². The molecule has 0 spiro atoms. The van der Waals surface area contributed by atoms with E-state index in [1.54, 1.807) is 13.3 Å². The van der Waals surface area contributed by atoms with Crippen molar-refractivity contribution in [2.45, 2.75) is 32.8 Å². The van der Waals surface area contributed by atoms with Crippen molar-refractivity contribution < 1.29 is 9.47 Å². The van der Waals surface area contributed by atoms with Gasteiger partial charge in [0.25, 0.3) is 0 Å². The van der Waals surface area contributed by atoms with E-state index in [0.717, 1.165) is 22.6 Å². The van der Waals surface area contributed by atoms with Gasteiger partial charge in [-0.1, -0.05) is 32.9 Å². The fraction of sp³-hybridized carbons (Fsp3) is 0.316. The molecule has 0 atom stereocenters. The number of ether oxygens (including phenoxy) is 2. The van der Waals surface area contributed by atoms with Crippen LogP contribution in [0.25, 0.3) is 0 Å². The molecule has 0 unspecified atom stereocenters. The molecular weight excluding hydrogens is 288 g/mol. The minimum atomic E-state index is 0.137. The van der Waals surface area contributed by atoms with Gasteiger partial charge in [0.05, 0.1) is 13.3 Å². The molecule has 2 aromatic carbocycles. The number of nitrogens with zero attached hydrogens (tertiary/aromatic N) is 1. The molecular formula is C19H24N2O2. The molecule has 2 aromatic rings. The second-order valence-electron chi connectivity index (χ2n) is 6.41. The molecule has 0 radical (unpaired) electrons. The lowest BCUT2D eigenvalue weighted by atomic mass is 9.87. The highest BCUT2D eigenvalue weighted by atomic mass is 16.5. The summed E-state index contributed by atoms with van der Waals surface area (Å²) in [4.78, 5) is 0. The Morgan fingerprint density at radius 2 is 1.78 bits per heavy atom. The maximum atomic E-state index is 5.88. The summed E-state index contributed by atoms with van der Waals surface area (Å²) in [7, 11) is 1.65. The molecule has 4 nitrogen and oxygen atoms in total. The van der Waals surface area contributed by atoms with Gasteiger partial charge in [0.2, 0.25) is 0 Å². The van der Waals surface area contributed by atoms with E-state index in [4.69, 9.17) is 15.3 Å². The van der Waals surface area contributed by atoms with Crippen molar-refractivity contribution in [1.29, 1.82) is 0 Å². The van der Waals surface area contributed by atoms with Gasteiger partial charge in [-0.05, 0) is 46.9 Å². The Balaban J connectivity index is 2.12. The molecule has 4 heteroatoms. The van der Waals surface area contributed by atoms with E-state index in [0.29, 0.717) is 6.61 Å². The van der Waals surface area contributed by atoms with Crippen LogP contribution in [0.2, 0.25) is 0 Å². The highest BCUT2D eigenvalue weighted by molar-refractivity contribution is 5.80. The molecule has 2 N–H and O–H groups in total. The monoisotopic (exact) mass is 312 g/mol. The molecule has 0 aromatic heterocycles. The van der Waals surface area contributed by atoms with Gasteiger partial charge in [-0.2, -0.15) is 5.10 Å². The first-order valence-electron chi connectivity index (χ1n) is 7.57.